The zero-order valence-corrected chi connectivity index (χ0v) is 14.4. The van der Waals surface area contributed by atoms with E-state index in [1.165, 1.54) is 0 Å². The Kier molecular flexibility index (Phi) is 4.80. The van der Waals surface area contributed by atoms with Crippen molar-refractivity contribution in [3.63, 3.8) is 0 Å². The molecule has 0 saturated carbocycles. The summed E-state index contributed by atoms with van der Waals surface area (Å²) in [7, 11) is 0. The number of carbonyl (C=O) groups excluding carboxylic acids is 1. The minimum Gasteiger partial charge on any atom is -0.353 e. The SMILES string of the molecule is CC(=O)N1CCN(c2cc(C)nc(Nc3cccc(C#N)c3)n2)CC1. The summed E-state index contributed by atoms with van der Waals surface area (Å²) in [5.41, 5.74) is 2.22. The van der Waals surface area contributed by atoms with Crippen molar-refractivity contribution < 1.29 is 4.79 Å². The fraction of sp³-hybridized carbons (Fsp3) is 0.333. The maximum atomic E-state index is 11.5. The van der Waals surface area contributed by atoms with Gasteiger partial charge in [0.05, 0.1) is 11.6 Å². The minimum absolute atomic E-state index is 0.109. The van der Waals surface area contributed by atoms with Gasteiger partial charge in [-0.05, 0) is 25.1 Å². The highest BCUT2D eigenvalue weighted by Gasteiger charge is 2.20. The van der Waals surface area contributed by atoms with E-state index in [2.05, 4.69) is 26.3 Å². The number of rotatable bonds is 3. The second kappa shape index (κ2) is 7.18. The van der Waals surface area contributed by atoms with Crippen LogP contribution >= 0.6 is 0 Å². The molecule has 1 saturated heterocycles. The number of aromatic nitrogens is 2. The summed E-state index contributed by atoms with van der Waals surface area (Å²) < 4.78 is 0. The van der Waals surface area contributed by atoms with E-state index in [0.29, 0.717) is 24.6 Å². The van der Waals surface area contributed by atoms with E-state index < -0.39 is 0 Å². The van der Waals surface area contributed by atoms with E-state index in [1.54, 1.807) is 19.1 Å². The van der Waals surface area contributed by atoms with Crippen LogP contribution in [0.25, 0.3) is 0 Å². The van der Waals surface area contributed by atoms with Crippen LogP contribution in [-0.4, -0.2) is 47.0 Å². The van der Waals surface area contributed by atoms with Gasteiger partial charge in [-0.25, -0.2) is 4.98 Å². The summed E-state index contributed by atoms with van der Waals surface area (Å²) in [5, 5.41) is 12.2. The van der Waals surface area contributed by atoms with Crippen LogP contribution < -0.4 is 10.2 Å². The molecule has 7 nitrogen and oxygen atoms in total. The summed E-state index contributed by atoms with van der Waals surface area (Å²) in [5.74, 6) is 1.45. The normalized spacial score (nSPS) is 14.1. The number of nitriles is 1. The maximum Gasteiger partial charge on any atom is 0.229 e. The van der Waals surface area contributed by atoms with Crippen LogP contribution in [0.5, 0.6) is 0 Å². The number of aryl methyl sites for hydroxylation is 1. The van der Waals surface area contributed by atoms with Crippen molar-refractivity contribution in [3.05, 3.63) is 41.6 Å². The Morgan fingerprint density at radius 3 is 2.64 bits per heavy atom. The lowest BCUT2D eigenvalue weighted by molar-refractivity contribution is -0.129. The average molecular weight is 336 g/mol. The van der Waals surface area contributed by atoms with Crippen molar-refractivity contribution in [1.29, 1.82) is 5.26 Å². The molecule has 1 fully saturated rings. The quantitative estimate of drug-likeness (QED) is 0.923. The van der Waals surface area contributed by atoms with E-state index >= 15 is 0 Å². The molecule has 1 amide bonds. The molecule has 0 unspecified atom stereocenters. The first-order valence-electron chi connectivity index (χ1n) is 8.18. The highest BCUT2D eigenvalue weighted by Crippen LogP contribution is 2.20. The van der Waals surface area contributed by atoms with E-state index in [4.69, 9.17) is 5.26 Å². The molecule has 1 N–H and O–H groups in total. The molecule has 2 heterocycles. The smallest absolute Gasteiger partial charge is 0.229 e. The predicted molar refractivity (Wildman–Crippen MR) is 95.7 cm³/mol. The van der Waals surface area contributed by atoms with Gasteiger partial charge >= 0.3 is 0 Å². The third-order valence-corrected chi connectivity index (χ3v) is 4.14. The molecule has 7 heteroatoms. The van der Waals surface area contributed by atoms with Crippen LogP contribution in [0.15, 0.2) is 30.3 Å². The topological polar surface area (TPSA) is 85.2 Å². The van der Waals surface area contributed by atoms with Gasteiger partial charge in [0.15, 0.2) is 0 Å². The molecule has 1 aliphatic heterocycles. The zero-order valence-electron chi connectivity index (χ0n) is 14.4. The van der Waals surface area contributed by atoms with Crippen molar-refractivity contribution in [3.8, 4) is 6.07 Å². The average Bonchev–Trinajstić information content (AvgIpc) is 2.61. The monoisotopic (exact) mass is 336 g/mol. The minimum atomic E-state index is 0.109. The summed E-state index contributed by atoms with van der Waals surface area (Å²) in [6.45, 7) is 6.42. The summed E-state index contributed by atoms with van der Waals surface area (Å²) in [4.78, 5) is 24.5. The predicted octanol–water partition coefficient (Wildman–Crippen LogP) is 2.07. The molecule has 128 valence electrons. The lowest BCUT2D eigenvalue weighted by Crippen LogP contribution is -2.48. The number of anilines is 3. The third-order valence-electron chi connectivity index (χ3n) is 4.14. The molecule has 3 rings (SSSR count). The van der Waals surface area contributed by atoms with Crippen molar-refractivity contribution in [2.24, 2.45) is 0 Å². The molecule has 0 aliphatic carbocycles. The summed E-state index contributed by atoms with van der Waals surface area (Å²) in [6, 6.07) is 11.3. The Labute approximate surface area is 146 Å². The lowest BCUT2D eigenvalue weighted by Gasteiger charge is -2.35. The largest absolute Gasteiger partial charge is 0.353 e. The molecule has 1 aromatic heterocycles. The van der Waals surface area contributed by atoms with E-state index in [9.17, 15) is 4.79 Å². The molecule has 0 spiro atoms. The number of carbonyl (C=O) groups is 1. The van der Waals surface area contributed by atoms with Gasteiger partial charge < -0.3 is 15.1 Å². The van der Waals surface area contributed by atoms with Crippen molar-refractivity contribution in [2.45, 2.75) is 13.8 Å². The first-order chi connectivity index (χ1) is 12.0. The van der Waals surface area contributed by atoms with E-state index in [1.807, 2.05) is 30.0 Å². The number of benzene rings is 1. The van der Waals surface area contributed by atoms with Crippen molar-refractivity contribution in [1.82, 2.24) is 14.9 Å². The van der Waals surface area contributed by atoms with Gasteiger partial charge in [-0.1, -0.05) is 6.07 Å². The third kappa shape index (κ3) is 4.04. The van der Waals surface area contributed by atoms with Gasteiger partial charge in [0.1, 0.15) is 5.82 Å². The van der Waals surface area contributed by atoms with Crippen LogP contribution in [0.1, 0.15) is 18.2 Å². The Morgan fingerprint density at radius 2 is 1.96 bits per heavy atom. The number of hydrogen-bond acceptors (Lipinski definition) is 6. The molecule has 0 bridgehead atoms. The van der Waals surface area contributed by atoms with Crippen LogP contribution in [0.3, 0.4) is 0 Å². The summed E-state index contributed by atoms with van der Waals surface area (Å²) in [6.07, 6.45) is 0. The zero-order chi connectivity index (χ0) is 17.8. The first-order valence-corrected chi connectivity index (χ1v) is 8.18. The Balaban J connectivity index is 1.77. The number of piperazine rings is 1. The number of nitrogens with zero attached hydrogens (tertiary/aromatic N) is 5. The number of amides is 1. The fourth-order valence-corrected chi connectivity index (χ4v) is 2.82. The lowest BCUT2D eigenvalue weighted by atomic mass is 10.2. The van der Waals surface area contributed by atoms with Crippen LogP contribution in [0.4, 0.5) is 17.5 Å². The molecule has 1 aromatic carbocycles. The fourth-order valence-electron chi connectivity index (χ4n) is 2.82. The molecular weight excluding hydrogens is 316 g/mol. The highest BCUT2D eigenvalue weighted by molar-refractivity contribution is 5.73. The van der Waals surface area contributed by atoms with Crippen molar-refractivity contribution >= 4 is 23.4 Å². The number of hydrogen-bond donors (Lipinski definition) is 1. The Morgan fingerprint density at radius 1 is 1.20 bits per heavy atom. The van der Waals surface area contributed by atoms with Crippen LogP contribution in [0.2, 0.25) is 0 Å². The standard InChI is InChI=1S/C18H20N6O/c1-13-10-17(24-8-6-23(7-9-24)14(2)25)22-18(20-13)21-16-5-3-4-15(11-16)12-19/h3-5,10-11H,6-9H2,1-2H3,(H,20,21,22). The molecule has 1 aliphatic rings. The second-order valence-corrected chi connectivity index (χ2v) is 6.00. The van der Waals surface area contributed by atoms with Crippen LogP contribution in [-0.2, 0) is 4.79 Å². The molecule has 25 heavy (non-hydrogen) atoms. The van der Waals surface area contributed by atoms with Gasteiger partial charge in [-0.15, -0.1) is 0 Å². The Bertz CT molecular complexity index is 821. The van der Waals surface area contributed by atoms with Crippen molar-refractivity contribution in [2.75, 3.05) is 36.4 Å². The molecular formula is C18H20N6O. The first kappa shape index (κ1) is 16.7. The molecule has 0 atom stereocenters. The van der Waals surface area contributed by atoms with E-state index in [0.717, 1.165) is 30.3 Å². The van der Waals surface area contributed by atoms with Gasteiger partial charge in [-0.2, -0.15) is 10.2 Å². The highest BCUT2D eigenvalue weighted by atomic mass is 16.2. The maximum absolute atomic E-state index is 11.5. The number of nitrogens with one attached hydrogen (secondary N) is 1. The van der Waals surface area contributed by atoms with Gasteiger partial charge in [0, 0.05) is 50.6 Å². The van der Waals surface area contributed by atoms with Gasteiger partial charge in [0.2, 0.25) is 11.9 Å². The summed E-state index contributed by atoms with van der Waals surface area (Å²) >= 11 is 0. The second-order valence-electron chi connectivity index (χ2n) is 6.00. The molecule has 0 radical (unpaired) electrons. The molecule has 2 aromatic rings. The Hall–Kier alpha value is -3.14. The van der Waals surface area contributed by atoms with E-state index in [-0.39, 0.29) is 5.91 Å². The van der Waals surface area contributed by atoms with Gasteiger partial charge in [-0.3, -0.25) is 4.79 Å². The van der Waals surface area contributed by atoms with Crippen LogP contribution in [0, 0.1) is 18.3 Å². The van der Waals surface area contributed by atoms with Gasteiger partial charge in [0.25, 0.3) is 0 Å².